The van der Waals surface area contributed by atoms with Crippen molar-refractivity contribution in [3.63, 3.8) is 0 Å². The molecule has 0 spiro atoms. The van der Waals surface area contributed by atoms with Crippen LogP contribution in [-0.2, 0) is 23.8 Å². The number of methoxy groups -OCH3 is 1. The molecule has 0 amide bonds. The highest BCUT2D eigenvalue weighted by molar-refractivity contribution is 7.89. The highest BCUT2D eigenvalue weighted by Gasteiger charge is 2.85. The van der Waals surface area contributed by atoms with E-state index in [1.807, 2.05) is 27.7 Å². The van der Waals surface area contributed by atoms with Gasteiger partial charge in [0.25, 0.3) is 10.1 Å². The summed E-state index contributed by atoms with van der Waals surface area (Å²) in [6.07, 6.45) is 1.14. The van der Waals surface area contributed by atoms with Crippen molar-refractivity contribution in [2.75, 3.05) is 7.11 Å². The van der Waals surface area contributed by atoms with Crippen molar-refractivity contribution in [3.8, 4) is 0 Å². The van der Waals surface area contributed by atoms with E-state index in [1.54, 1.807) is 0 Å². The molecule has 1 saturated heterocycles. The Balaban J connectivity index is 2.37. The van der Waals surface area contributed by atoms with E-state index in [9.17, 15) is 13.2 Å². The zero-order valence-corrected chi connectivity index (χ0v) is 14.1. The molecule has 0 aromatic rings. The van der Waals surface area contributed by atoms with Crippen LogP contribution in [0.2, 0.25) is 0 Å². The van der Waals surface area contributed by atoms with Crippen molar-refractivity contribution in [2.45, 2.75) is 51.4 Å². The molecule has 4 unspecified atom stereocenters. The third kappa shape index (κ3) is 1.33. The Morgan fingerprint density at radius 2 is 1.76 bits per heavy atom. The van der Waals surface area contributed by atoms with Gasteiger partial charge in [0.05, 0.1) is 13.2 Å². The van der Waals surface area contributed by atoms with Gasteiger partial charge in [-0.15, -0.1) is 0 Å². The van der Waals surface area contributed by atoms with Crippen LogP contribution < -0.4 is 0 Å². The van der Waals surface area contributed by atoms with Crippen LogP contribution in [-0.4, -0.2) is 32.3 Å². The Bertz CT molecular complexity index is 571. The molecule has 0 radical (unpaired) electrons. The number of ether oxygens (including phenoxy) is 1. The first-order valence-electron chi connectivity index (χ1n) is 7.69. The molecule has 0 N–H and O–H groups in total. The van der Waals surface area contributed by atoms with Crippen LogP contribution in [0.25, 0.3) is 0 Å². The monoisotopic (exact) mass is 316 g/mol. The van der Waals surface area contributed by atoms with E-state index in [0.29, 0.717) is 0 Å². The van der Waals surface area contributed by atoms with E-state index in [2.05, 4.69) is 0 Å². The molecule has 6 heteroatoms. The number of carbonyl (C=O) groups is 1. The maximum absolute atomic E-state index is 12.9. The summed E-state index contributed by atoms with van der Waals surface area (Å²) in [5.74, 6) is -0.568. The first-order valence-corrected chi connectivity index (χ1v) is 9.09. The third-order valence-corrected chi connectivity index (χ3v) is 8.50. The molecule has 0 aromatic carbocycles. The maximum atomic E-state index is 12.9. The minimum atomic E-state index is -3.98. The lowest BCUT2D eigenvalue weighted by atomic mass is 9.54. The summed E-state index contributed by atoms with van der Waals surface area (Å²) in [7, 11) is -2.70. The van der Waals surface area contributed by atoms with E-state index in [4.69, 9.17) is 8.92 Å². The molecule has 2 aliphatic carbocycles. The van der Waals surface area contributed by atoms with Gasteiger partial charge in [-0.25, -0.2) is 0 Å². The highest BCUT2D eigenvalue weighted by Crippen LogP contribution is 2.74. The lowest BCUT2D eigenvalue weighted by Crippen LogP contribution is -2.65. The van der Waals surface area contributed by atoms with Gasteiger partial charge < -0.3 is 4.74 Å². The Morgan fingerprint density at radius 1 is 1.19 bits per heavy atom. The minimum absolute atomic E-state index is 0.0593. The molecule has 1 heterocycles. The van der Waals surface area contributed by atoms with E-state index >= 15 is 0 Å². The number of fused-ring (bicyclic) bond motifs is 1. The number of hydrogen-bond donors (Lipinski definition) is 0. The fraction of sp³-hybridized carbons (Fsp3) is 0.933. The average Bonchev–Trinajstić information content (AvgIpc) is 2.93. The SMILES string of the molecule is COC(=O)C12C3CC(CC3OS1(=O)=O)C2(C(C)C)C(C)C. The summed E-state index contributed by atoms with van der Waals surface area (Å²) in [6, 6.07) is 0. The second kappa shape index (κ2) is 4.22. The van der Waals surface area contributed by atoms with Crippen molar-refractivity contribution < 1.29 is 22.1 Å². The van der Waals surface area contributed by atoms with Crippen LogP contribution in [0.1, 0.15) is 40.5 Å². The van der Waals surface area contributed by atoms with E-state index in [1.165, 1.54) is 7.11 Å². The molecule has 3 aliphatic rings. The molecular formula is C15H24O5S. The number of esters is 1. The zero-order valence-electron chi connectivity index (χ0n) is 13.3. The lowest BCUT2D eigenvalue weighted by molar-refractivity contribution is -0.155. The van der Waals surface area contributed by atoms with Crippen LogP contribution in [0, 0.1) is 29.1 Å². The average molecular weight is 316 g/mol. The summed E-state index contributed by atoms with van der Waals surface area (Å²) in [4.78, 5) is 12.7. The molecule has 2 saturated carbocycles. The highest BCUT2D eigenvalue weighted by atomic mass is 32.2. The molecule has 3 fully saturated rings. The molecule has 4 atom stereocenters. The number of hydrogen-bond acceptors (Lipinski definition) is 5. The van der Waals surface area contributed by atoms with Crippen molar-refractivity contribution >= 4 is 16.1 Å². The fourth-order valence-corrected chi connectivity index (χ4v) is 8.90. The van der Waals surface area contributed by atoms with Gasteiger partial charge in [-0.3, -0.25) is 8.98 Å². The topological polar surface area (TPSA) is 69.7 Å². The molecule has 120 valence electrons. The number of carbonyl (C=O) groups excluding carboxylic acids is 1. The first kappa shape index (κ1) is 15.3. The molecular weight excluding hydrogens is 292 g/mol. The van der Waals surface area contributed by atoms with Crippen LogP contribution in [0.3, 0.4) is 0 Å². The van der Waals surface area contributed by atoms with Crippen molar-refractivity contribution in [1.82, 2.24) is 0 Å². The molecule has 5 nitrogen and oxygen atoms in total. The Hall–Kier alpha value is -0.620. The Morgan fingerprint density at radius 3 is 2.24 bits per heavy atom. The Labute approximate surface area is 126 Å². The summed E-state index contributed by atoms with van der Waals surface area (Å²) in [5, 5.41) is 0. The van der Waals surface area contributed by atoms with Gasteiger partial charge in [-0.1, -0.05) is 27.7 Å². The Kier molecular flexibility index (Phi) is 3.07. The first-order chi connectivity index (χ1) is 9.67. The van der Waals surface area contributed by atoms with Gasteiger partial charge in [0.1, 0.15) is 0 Å². The fourth-order valence-electron chi connectivity index (χ4n) is 6.24. The van der Waals surface area contributed by atoms with Gasteiger partial charge >= 0.3 is 5.97 Å². The molecule has 2 bridgehead atoms. The summed E-state index contributed by atoms with van der Waals surface area (Å²) in [6.45, 7) is 8.09. The van der Waals surface area contributed by atoms with Crippen LogP contribution in [0.5, 0.6) is 0 Å². The van der Waals surface area contributed by atoms with Gasteiger partial charge in [0.2, 0.25) is 4.75 Å². The number of rotatable bonds is 3. The minimum Gasteiger partial charge on any atom is -0.468 e. The van der Waals surface area contributed by atoms with Gasteiger partial charge in [-0.2, -0.15) is 8.42 Å². The summed E-state index contributed by atoms with van der Waals surface area (Å²) < 4.78 is 34.7. The summed E-state index contributed by atoms with van der Waals surface area (Å²) >= 11 is 0. The zero-order chi connectivity index (χ0) is 15.8. The van der Waals surface area contributed by atoms with E-state index in [0.717, 1.165) is 12.8 Å². The molecule has 3 rings (SSSR count). The normalized spacial score (nSPS) is 42.0. The lowest BCUT2D eigenvalue weighted by Gasteiger charge is -2.52. The smallest absolute Gasteiger partial charge is 0.330 e. The predicted molar refractivity (Wildman–Crippen MR) is 76.9 cm³/mol. The summed E-state index contributed by atoms with van der Waals surface area (Å²) in [5.41, 5.74) is -0.614. The van der Waals surface area contributed by atoms with Crippen LogP contribution in [0.15, 0.2) is 0 Å². The van der Waals surface area contributed by atoms with Gasteiger partial charge in [0.15, 0.2) is 0 Å². The van der Waals surface area contributed by atoms with Crippen molar-refractivity contribution in [2.24, 2.45) is 29.1 Å². The largest absolute Gasteiger partial charge is 0.468 e. The predicted octanol–water partition coefficient (Wildman–Crippen LogP) is 1.96. The molecule has 1 aliphatic heterocycles. The third-order valence-electron chi connectivity index (χ3n) is 6.39. The standard InChI is InChI=1S/C15H24O5S/c1-8(2)14(9(3)4)10-6-11-12(7-10)20-21(17,18)15(11,14)13(16)19-5/h8-12H,6-7H2,1-5H3. The van der Waals surface area contributed by atoms with E-state index < -0.39 is 26.2 Å². The maximum Gasteiger partial charge on any atom is 0.330 e. The van der Waals surface area contributed by atoms with Crippen LogP contribution in [0.4, 0.5) is 0 Å². The molecule has 0 aromatic heterocycles. The second-order valence-corrected chi connectivity index (χ2v) is 9.08. The van der Waals surface area contributed by atoms with Crippen LogP contribution >= 0.6 is 0 Å². The van der Waals surface area contributed by atoms with Gasteiger partial charge in [0, 0.05) is 11.3 Å². The van der Waals surface area contributed by atoms with E-state index in [-0.39, 0.29) is 29.8 Å². The van der Waals surface area contributed by atoms with Crippen molar-refractivity contribution in [1.29, 1.82) is 0 Å². The second-order valence-electron chi connectivity index (χ2n) is 7.33. The van der Waals surface area contributed by atoms with Gasteiger partial charge in [-0.05, 0) is 30.6 Å². The quantitative estimate of drug-likeness (QED) is 0.588. The van der Waals surface area contributed by atoms with Crippen molar-refractivity contribution in [3.05, 3.63) is 0 Å². The molecule has 21 heavy (non-hydrogen) atoms.